The van der Waals surface area contributed by atoms with Gasteiger partial charge in [0.05, 0.1) is 25.8 Å². The molecule has 0 spiro atoms. The second-order valence-electron chi connectivity index (χ2n) is 7.13. The van der Waals surface area contributed by atoms with Crippen molar-refractivity contribution in [3.63, 3.8) is 0 Å². The van der Waals surface area contributed by atoms with Crippen LogP contribution >= 0.6 is 22.9 Å². The minimum atomic E-state index is -3.57. The molecule has 0 bridgehead atoms. The molecule has 0 N–H and O–H groups in total. The lowest BCUT2D eigenvalue weighted by Gasteiger charge is -2.31. The van der Waals surface area contributed by atoms with Crippen LogP contribution in [0, 0.1) is 15.9 Å². The van der Waals surface area contributed by atoms with Gasteiger partial charge in [-0.2, -0.15) is 0 Å². The van der Waals surface area contributed by atoms with Crippen LogP contribution < -0.4 is 4.90 Å². The summed E-state index contributed by atoms with van der Waals surface area (Å²) in [6.07, 6.45) is 0.854. The number of aromatic nitrogens is 1. The smallest absolute Gasteiger partial charge is 0.269 e. The summed E-state index contributed by atoms with van der Waals surface area (Å²) < 4.78 is 39.2. The minimum Gasteiger partial charge on any atom is -0.348 e. The summed E-state index contributed by atoms with van der Waals surface area (Å²) in [7, 11) is -3.57. The maximum atomic E-state index is 13.4. The number of non-ortho nitro benzene ring substituents is 1. The molecular weight excluding hydrogens is 465 g/mol. The van der Waals surface area contributed by atoms with Crippen molar-refractivity contribution in [2.45, 2.75) is 23.0 Å². The van der Waals surface area contributed by atoms with Crippen molar-refractivity contribution in [1.29, 1.82) is 0 Å². The van der Waals surface area contributed by atoms with E-state index in [1.807, 2.05) is 10.3 Å². The van der Waals surface area contributed by atoms with Crippen LogP contribution in [0.1, 0.15) is 12.8 Å². The normalized spacial score (nSPS) is 15.2. The zero-order valence-corrected chi connectivity index (χ0v) is 18.5. The average molecular weight is 482 g/mol. The second kappa shape index (κ2) is 8.52. The Morgan fingerprint density at radius 2 is 1.84 bits per heavy atom. The highest BCUT2D eigenvalue weighted by atomic mass is 35.5. The molecule has 1 aromatic heterocycles. The van der Waals surface area contributed by atoms with E-state index in [2.05, 4.69) is 4.98 Å². The summed E-state index contributed by atoms with van der Waals surface area (Å²) in [5.41, 5.74) is 1.25. The van der Waals surface area contributed by atoms with Crippen molar-refractivity contribution in [3.05, 3.63) is 68.8 Å². The topological polar surface area (TPSA) is 93.4 Å². The number of nitro groups is 1. The molecule has 1 aliphatic heterocycles. The first kappa shape index (κ1) is 21.7. The van der Waals surface area contributed by atoms with E-state index in [0.717, 1.165) is 5.13 Å². The highest BCUT2D eigenvalue weighted by molar-refractivity contribution is 7.92. The number of thiazole rings is 1. The second-order valence-corrected chi connectivity index (χ2v) is 10.6. The maximum Gasteiger partial charge on any atom is 0.269 e. The van der Waals surface area contributed by atoms with Gasteiger partial charge in [0.15, 0.2) is 15.0 Å². The molecule has 3 aromatic rings. The fraction of sp³-hybridized carbons (Fsp3) is 0.250. The van der Waals surface area contributed by atoms with Crippen molar-refractivity contribution < 1.29 is 17.7 Å². The number of nitrogens with zero attached hydrogens (tertiary/aromatic N) is 3. The van der Waals surface area contributed by atoms with E-state index < -0.39 is 25.8 Å². The van der Waals surface area contributed by atoms with Gasteiger partial charge in [0.2, 0.25) is 0 Å². The van der Waals surface area contributed by atoms with Crippen LogP contribution in [0.3, 0.4) is 0 Å². The van der Waals surface area contributed by atoms with Crippen molar-refractivity contribution in [2.24, 2.45) is 0 Å². The van der Waals surface area contributed by atoms with Gasteiger partial charge in [-0.25, -0.2) is 17.8 Å². The van der Waals surface area contributed by atoms with E-state index >= 15 is 0 Å². The van der Waals surface area contributed by atoms with Gasteiger partial charge in [-0.15, -0.1) is 11.3 Å². The Morgan fingerprint density at radius 1 is 1.16 bits per heavy atom. The zero-order valence-electron chi connectivity index (χ0n) is 16.1. The van der Waals surface area contributed by atoms with Crippen LogP contribution in [-0.2, 0) is 9.84 Å². The van der Waals surface area contributed by atoms with Crippen LogP contribution in [-0.4, -0.2) is 36.7 Å². The Morgan fingerprint density at radius 3 is 2.45 bits per heavy atom. The van der Waals surface area contributed by atoms with Crippen LogP contribution in [0.25, 0.3) is 11.3 Å². The van der Waals surface area contributed by atoms with Gasteiger partial charge in [-0.3, -0.25) is 10.1 Å². The molecule has 1 fully saturated rings. The molecule has 162 valence electrons. The fourth-order valence-corrected chi connectivity index (χ4v) is 6.31. The molecule has 31 heavy (non-hydrogen) atoms. The first-order valence-electron chi connectivity index (χ1n) is 9.40. The number of sulfone groups is 1. The number of hydrogen-bond donors (Lipinski definition) is 0. The Hall–Kier alpha value is -2.56. The highest BCUT2D eigenvalue weighted by Crippen LogP contribution is 2.33. The first-order valence-corrected chi connectivity index (χ1v) is 12.2. The van der Waals surface area contributed by atoms with Crippen molar-refractivity contribution in [2.75, 3.05) is 18.0 Å². The predicted molar refractivity (Wildman–Crippen MR) is 118 cm³/mol. The van der Waals surface area contributed by atoms with E-state index in [0.29, 0.717) is 37.2 Å². The lowest BCUT2D eigenvalue weighted by Crippen LogP contribution is -2.39. The quantitative estimate of drug-likeness (QED) is 0.378. The summed E-state index contributed by atoms with van der Waals surface area (Å²) in [5.74, 6) is -0.489. The number of nitro benzene ring substituents is 1. The summed E-state index contributed by atoms with van der Waals surface area (Å²) in [6.45, 7) is 1.04. The number of halogens is 2. The predicted octanol–water partition coefficient (Wildman–Crippen LogP) is 4.95. The third-order valence-electron chi connectivity index (χ3n) is 5.23. The Labute approximate surface area is 187 Å². The molecule has 0 unspecified atom stereocenters. The third-order valence-corrected chi connectivity index (χ3v) is 8.70. The van der Waals surface area contributed by atoms with Crippen molar-refractivity contribution >= 4 is 43.6 Å². The fourth-order valence-electron chi connectivity index (χ4n) is 3.50. The van der Waals surface area contributed by atoms with E-state index in [1.165, 1.54) is 47.7 Å². The number of anilines is 1. The van der Waals surface area contributed by atoms with E-state index in [9.17, 15) is 22.9 Å². The van der Waals surface area contributed by atoms with Gasteiger partial charge < -0.3 is 4.90 Å². The van der Waals surface area contributed by atoms with Gasteiger partial charge in [0.1, 0.15) is 5.82 Å². The Kier molecular flexibility index (Phi) is 5.96. The molecule has 7 nitrogen and oxygen atoms in total. The van der Waals surface area contributed by atoms with E-state index in [4.69, 9.17) is 11.6 Å². The SMILES string of the molecule is O=[N+]([O-])c1ccc(S(=O)(=O)C2CCN(c3nc(-c4ccc(F)c(Cl)c4)cs3)CC2)cc1. The monoisotopic (exact) mass is 481 g/mol. The minimum absolute atomic E-state index is 0.0318. The molecule has 0 aliphatic carbocycles. The Bertz CT molecular complexity index is 1220. The van der Waals surface area contributed by atoms with Crippen LogP contribution in [0.4, 0.5) is 15.2 Å². The lowest BCUT2D eigenvalue weighted by atomic mass is 10.1. The van der Waals surface area contributed by atoms with Gasteiger partial charge in [0.25, 0.3) is 5.69 Å². The molecule has 1 saturated heterocycles. The van der Waals surface area contributed by atoms with Gasteiger partial charge in [-0.05, 0) is 43.2 Å². The van der Waals surface area contributed by atoms with E-state index in [-0.39, 0.29) is 15.6 Å². The summed E-state index contributed by atoms with van der Waals surface area (Å²) >= 11 is 7.29. The molecule has 1 aliphatic rings. The maximum absolute atomic E-state index is 13.4. The molecule has 4 rings (SSSR count). The van der Waals surface area contributed by atoms with Crippen LogP contribution in [0.5, 0.6) is 0 Å². The molecule has 0 atom stereocenters. The largest absolute Gasteiger partial charge is 0.348 e. The molecule has 0 radical (unpaired) electrons. The first-order chi connectivity index (χ1) is 14.8. The summed E-state index contributed by atoms with van der Waals surface area (Å²) in [6, 6.07) is 9.44. The summed E-state index contributed by atoms with van der Waals surface area (Å²) in [4.78, 5) is 16.9. The standard InChI is InChI=1S/C20H17ClFN3O4S2/c21-17-11-13(1-6-18(17)22)19-12-30-20(23-19)24-9-7-16(8-10-24)31(28,29)15-4-2-14(3-5-15)25(26)27/h1-6,11-12,16H,7-10H2. The van der Waals surface area contributed by atoms with Crippen molar-refractivity contribution in [3.8, 4) is 11.3 Å². The highest BCUT2D eigenvalue weighted by Gasteiger charge is 2.32. The van der Waals surface area contributed by atoms with Crippen molar-refractivity contribution in [1.82, 2.24) is 4.98 Å². The molecule has 2 aromatic carbocycles. The van der Waals surface area contributed by atoms with Gasteiger partial charge >= 0.3 is 0 Å². The number of benzene rings is 2. The zero-order chi connectivity index (χ0) is 22.2. The van der Waals surface area contributed by atoms with Crippen LogP contribution in [0.15, 0.2) is 52.7 Å². The molecular formula is C20H17ClFN3O4S2. The Balaban J connectivity index is 1.44. The third kappa shape index (κ3) is 4.41. The molecule has 0 saturated carbocycles. The van der Waals surface area contributed by atoms with Gasteiger partial charge in [0, 0.05) is 36.2 Å². The molecule has 11 heteroatoms. The van der Waals surface area contributed by atoms with E-state index in [1.54, 1.807) is 6.07 Å². The number of rotatable bonds is 5. The molecule has 0 amide bonds. The summed E-state index contributed by atoms with van der Waals surface area (Å²) in [5, 5.41) is 12.9. The van der Waals surface area contributed by atoms with Crippen LogP contribution in [0.2, 0.25) is 5.02 Å². The number of hydrogen-bond acceptors (Lipinski definition) is 7. The van der Waals surface area contributed by atoms with Gasteiger partial charge in [-0.1, -0.05) is 11.6 Å². The molecule has 2 heterocycles. The lowest BCUT2D eigenvalue weighted by molar-refractivity contribution is -0.384. The number of piperidine rings is 1. The average Bonchev–Trinajstić information content (AvgIpc) is 3.26.